The van der Waals surface area contributed by atoms with E-state index >= 15 is 0 Å². The second-order valence-electron chi connectivity index (χ2n) is 6.01. The fourth-order valence-corrected chi connectivity index (χ4v) is 3.32. The van der Waals surface area contributed by atoms with Gasteiger partial charge in [0.15, 0.2) is 11.5 Å². The molecule has 0 radical (unpaired) electrons. The van der Waals surface area contributed by atoms with Crippen molar-refractivity contribution in [2.24, 2.45) is 0 Å². The molecule has 3 heteroatoms. The van der Waals surface area contributed by atoms with Gasteiger partial charge in [0.25, 0.3) is 0 Å². The minimum absolute atomic E-state index is 0.269. The van der Waals surface area contributed by atoms with E-state index in [-0.39, 0.29) is 6.79 Å². The second kappa shape index (κ2) is 5.64. The highest BCUT2D eigenvalue weighted by molar-refractivity contribution is 6.03. The van der Waals surface area contributed by atoms with Crippen molar-refractivity contribution in [2.45, 2.75) is 0 Å². The molecular formula is C22H15NO2. The van der Waals surface area contributed by atoms with E-state index in [0.29, 0.717) is 0 Å². The summed E-state index contributed by atoms with van der Waals surface area (Å²) in [4.78, 5) is 4.78. The Hall–Kier alpha value is -3.33. The first-order chi connectivity index (χ1) is 12.4. The van der Waals surface area contributed by atoms with Crippen LogP contribution in [-0.2, 0) is 0 Å². The maximum absolute atomic E-state index is 5.60. The van der Waals surface area contributed by atoms with Gasteiger partial charge in [-0.1, -0.05) is 60.7 Å². The first-order valence-electron chi connectivity index (χ1n) is 8.23. The number of aromatic nitrogens is 1. The molecule has 5 rings (SSSR count). The van der Waals surface area contributed by atoms with Crippen LogP contribution in [0.5, 0.6) is 11.5 Å². The van der Waals surface area contributed by atoms with E-state index in [1.807, 2.05) is 36.5 Å². The highest BCUT2D eigenvalue weighted by Crippen LogP contribution is 2.42. The molecular weight excluding hydrogens is 310 g/mol. The van der Waals surface area contributed by atoms with Crippen molar-refractivity contribution in [3.8, 4) is 33.9 Å². The molecule has 0 fully saturated rings. The fourth-order valence-electron chi connectivity index (χ4n) is 3.32. The van der Waals surface area contributed by atoms with E-state index in [4.69, 9.17) is 14.5 Å². The molecule has 2 heterocycles. The van der Waals surface area contributed by atoms with Crippen molar-refractivity contribution in [2.75, 3.05) is 6.79 Å². The van der Waals surface area contributed by atoms with Crippen LogP contribution in [0.25, 0.3) is 33.2 Å². The largest absolute Gasteiger partial charge is 0.454 e. The number of nitrogens with zero attached hydrogens (tertiary/aromatic N) is 1. The van der Waals surface area contributed by atoms with E-state index in [0.717, 1.165) is 44.7 Å². The molecule has 25 heavy (non-hydrogen) atoms. The van der Waals surface area contributed by atoms with Crippen molar-refractivity contribution in [1.82, 2.24) is 4.98 Å². The molecule has 0 N–H and O–H groups in total. The van der Waals surface area contributed by atoms with Crippen LogP contribution in [0.2, 0.25) is 0 Å². The van der Waals surface area contributed by atoms with Gasteiger partial charge in [-0.25, -0.2) is 0 Å². The molecule has 3 aromatic carbocycles. The zero-order valence-corrected chi connectivity index (χ0v) is 13.5. The van der Waals surface area contributed by atoms with Gasteiger partial charge in [-0.3, -0.25) is 4.98 Å². The van der Waals surface area contributed by atoms with E-state index in [9.17, 15) is 0 Å². The van der Waals surface area contributed by atoms with Gasteiger partial charge in [-0.15, -0.1) is 0 Å². The summed E-state index contributed by atoms with van der Waals surface area (Å²) in [6, 6.07) is 24.7. The van der Waals surface area contributed by atoms with Crippen LogP contribution in [0, 0.1) is 0 Å². The quantitative estimate of drug-likeness (QED) is 0.501. The molecule has 0 aliphatic carbocycles. The van der Waals surface area contributed by atoms with E-state index < -0.39 is 0 Å². The summed E-state index contributed by atoms with van der Waals surface area (Å²) in [7, 11) is 0. The molecule has 120 valence electrons. The summed E-state index contributed by atoms with van der Waals surface area (Å²) < 4.78 is 11.1. The maximum Gasteiger partial charge on any atom is 0.231 e. The summed E-state index contributed by atoms with van der Waals surface area (Å²) in [5.41, 5.74) is 4.32. The number of hydrogen-bond donors (Lipinski definition) is 0. The van der Waals surface area contributed by atoms with Crippen LogP contribution in [0.1, 0.15) is 0 Å². The zero-order chi connectivity index (χ0) is 16.6. The Labute approximate surface area is 145 Å². The Balaban J connectivity index is 1.87. The summed E-state index contributed by atoms with van der Waals surface area (Å²) in [5, 5.41) is 2.16. The highest BCUT2D eigenvalue weighted by atomic mass is 16.7. The van der Waals surface area contributed by atoms with Gasteiger partial charge in [-0.2, -0.15) is 0 Å². The summed E-state index contributed by atoms with van der Waals surface area (Å²) in [6.45, 7) is 0.269. The first-order valence-corrected chi connectivity index (χ1v) is 8.23. The third-order valence-electron chi connectivity index (χ3n) is 4.49. The van der Waals surface area contributed by atoms with Gasteiger partial charge in [0.2, 0.25) is 6.79 Å². The average Bonchev–Trinajstić information content (AvgIpc) is 3.14. The monoisotopic (exact) mass is 325 g/mol. The van der Waals surface area contributed by atoms with Crippen LogP contribution in [0.4, 0.5) is 0 Å². The zero-order valence-electron chi connectivity index (χ0n) is 13.5. The molecule has 3 nitrogen and oxygen atoms in total. The summed E-state index contributed by atoms with van der Waals surface area (Å²) >= 11 is 0. The second-order valence-corrected chi connectivity index (χ2v) is 6.01. The van der Waals surface area contributed by atoms with Gasteiger partial charge in [0, 0.05) is 22.7 Å². The van der Waals surface area contributed by atoms with E-state index in [1.165, 1.54) is 0 Å². The average molecular weight is 325 g/mol. The normalized spacial score (nSPS) is 12.5. The topological polar surface area (TPSA) is 31.4 Å². The minimum atomic E-state index is 0.269. The Kier molecular flexibility index (Phi) is 3.17. The molecule has 0 atom stereocenters. The predicted octanol–water partition coefficient (Wildman–Crippen LogP) is 5.30. The third kappa shape index (κ3) is 2.32. The van der Waals surface area contributed by atoms with Gasteiger partial charge in [0.05, 0.1) is 5.69 Å². The smallest absolute Gasteiger partial charge is 0.231 e. The van der Waals surface area contributed by atoms with Crippen LogP contribution in [-0.4, -0.2) is 11.8 Å². The van der Waals surface area contributed by atoms with Gasteiger partial charge >= 0.3 is 0 Å². The SMILES string of the molecule is c1ccc(-c2ncc3cc4c(cc3c2-c2ccccc2)OCO4)cc1. The molecule has 1 aromatic heterocycles. The molecule has 0 saturated carbocycles. The molecule has 0 spiro atoms. The van der Waals surface area contributed by atoms with Crippen molar-refractivity contribution in [3.63, 3.8) is 0 Å². The molecule has 0 amide bonds. The lowest BCUT2D eigenvalue weighted by Crippen LogP contribution is -1.92. The summed E-state index contributed by atoms with van der Waals surface area (Å²) in [5.74, 6) is 1.57. The van der Waals surface area contributed by atoms with Crippen molar-refractivity contribution in [1.29, 1.82) is 0 Å². The van der Waals surface area contributed by atoms with Gasteiger partial charge in [-0.05, 0) is 23.1 Å². The molecule has 0 bridgehead atoms. The molecule has 0 unspecified atom stereocenters. The maximum atomic E-state index is 5.60. The van der Waals surface area contributed by atoms with Crippen molar-refractivity contribution >= 4 is 10.8 Å². The molecule has 4 aromatic rings. The lowest BCUT2D eigenvalue weighted by molar-refractivity contribution is 0.174. The van der Waals surface area contributed by atoms with Gasteiger partial charge in [0.1, 0.15) is 0 Å². The lowest BCUT2D eigenvalue weighted by Gasteiger charge is -2.13. The molecule has 0 saturated heterocycles. The fraction of sp³-hybridized carbons (Fsp3) is 0.0455. The number of benzene rings is 3. The Morgan fingerprint density at radius 3 is 2.08 bits per heavy atom. The minimum Gasteiger partial charge on any atom is -0.454 e. The van der Waals surface area contributed by atoms with Crippen LogP contribution >= 0.6 is 0 Å². The van der Waals surface area contributed by atoms with Crippen molar-refractivity contribution < 1.29 is 9.47 Å². The third-order valence-corrected chi connectivity index (χ3v) is 4.49. The lowest BCUT2D eigenvalue weighted by atomic mass is 9.94. The first kappa shape index (κ1) is 14.1. The Morgan fingerprint density at radius 1 is 0.720 bits per heavy atom. The Morgan fingerprint density at radius 2 is 1.36 bits per heavy atom. The number of rotatable bonds is 2. The predicted molar refractivity (Wildman–Crippen MR) is 98.7 cm³/mol. The number of ether oxygens (including phenoxy) is 2. The van der Waals surface area contributed by atoms with Crippen molar-refractivity contribution in [3.05, 3.63) is 79.0 Å². The van der Waals surface area contributed by atoms with Crippen LogP contribution in [0.15, 0.2) is 79.0 Å². The van der Waals surface area contributed by atoms with Crippen LogP contribution in [0.3, 0.4) is 0 Å². The number of fused-ring (bicyclic) bond motifs is 2. The van der Waals surface area contributed by atoms with Gasteiger partial charge < -0.3 is 9.47 Å². The van der Waals surface area contributed by atoms with Crippen LogP contribution < -0.4 is 9.47 Å². The number of hydrogen-bond acceptors (Lipinski definition) is 3. The standard InChI is InChI=1S/C22H15NO2/c1-3-7-15(8-4-1)21-18-12-20-19(24-14-25-20)11-17(18)13-23-22(21)16-9-5-2-6-10-16/h1-13H,14H2. The highest BCUT2D eigenvalue weighted by Gasteiger charge is 2.19. The molecule has 1 aliphatic heterocycles. The van der Waals surface area contributed by atoms with E-state index in [2.05, 4.69) is 42.5 Å². The number of pyridine rings is 1. The van der Waals surface area contributed by atoms with E-state index in [1.54, 1.807) is 0 Å². The molecule has 1 aliphatic rings. The Bertz CT molecular complexity index is 1060. The summed E-state index contributed by atoms with van der Waals surface area (Å²) in [6.07, 6.45) is 1.91.